The zero-order chi connectivity index (χ0) is 17.1. The molecule has 0 unspecified atom stereocenters. The van der Waals surface area contributed by atoms with Crippen molar-refractivity contribution in [2.75, 3.05) is 16.8 Å². The van der Waals surface area contributed by atoms with Gasteiger partial charge in [0.25, 0.3) is 5.56 Å². The van der Waals surface area contributed by atoms with E-state index in [2.05, 4.69) is 10.3 Å². The van der Waals surface area contributed by atoms with Gasteiger partial charge in [0.1, 0.15) is 0 Å². The predicted molar refractivity (Wildman–Crippen MR) is 99.1 cm³/mol. The van der Waals surface area contributed by atoms with Gasteiger partial charge in [0.2, 0.25) is 5.91 Å². The molecule has 0 fully saturated rings. The van der Waals surface area contributed by atoms with E-state index >= 15 is 0 Å². The van der Waals surface area contributed by atoms with Crippen LogP contribution in [0, 0.1) is 6.92 Å². The van der Waals surface area contributed by atoms with Crippen molar-refractivity contribution in [1.82, 2.24) is 9.55 Å². The molecule has 1 aliphatic heterocycles. The first-order valence-corrected chi connectivity index (χ1v) is 9.81. The number of carbonyl (C=O) groups excluding carboxylic acids is 1. The standard InChI is InChI=1S/C17H19N3O2S2/c1-3-20-16(22)15-13(7-8-23-15)19-17(20)24-10-14(21)18-12-6-4-5-11(2)9-12/h4-6,9H,3,7-8,10H2,1-2H3,(H,18,21). The van der Waals surface area contributed by atoms with Gasteiger partial charge in [-0.3, -0.25) is 14.2 Å². The molecule has 1 aromatic heterocycles. The van der Waals surface area contributed by atoms with Crippen LogP contribution < -0.4 is 10.9 Å². The Morgan fingerprint density at radius 2 is 2.29 bits per heavy atom. The van der Waals surface area contributed by atoms with E-state index in [1.807, 2.05) is 38.1 Å². The first-order valence-electron chi connectivity index (χ1n) is 7.84. The van der Waals surface area contributed by atoms with Crippen LogP contribution in [0.25, 0.3) is 0 Å². The summed E-state index contributed by atoms with van der Waals surface area (Å²) in [6, 6.07) is 7.68. The van der Waals surface area contributed by atoms with Gasteiger partial charge < -0.3 is 5.32 Å². The van der Waals surface area contributed by atoms with E-state index in [4.69, 9.17) is 0 Å². The summed E-state index contributed by atoms with van der Waals surface area (Å²) in [6.45, 7) is 4.46. The first kappa shape index (κ1) is 17.1. The van der Waals surface area contributed by atoms with Gasteiger partial charge in [-0.25, -0.2) is 4.98 Å². The summed E-state index contributed by atoms with van der Waals surface area (Å²) >= 11 is 2.89. The highest BCUT2D eigenvalue weighted by Crippen LogP contribution is 2.28. The number of hydrogen-bond acceptors (Lipinski definition) is 5. The normalized spacial score (nSPS) is 12.9. The highest BCUT2D eigenvalue weighted by Gasteiger charge is 2.21. The smallest absolute Gasteiger partial charge is 0.268 e. The number of amides is 1. The van der Waals surface area contributed by atoms with Crippen molar-refractivity contribution in [1.29, 1.82) is 0 Å². The SMILES string of the molecule is CCn1c(SCC(=O)Nc2cccc(C)c2)nc2c(c1=O)SCC2. The lowest BCUT2D eigenvalue weighted by molar-refractivity contribution is -0.113. The maximum absolute atomic E-state index is 12.5. The third-order valence-electron chi connectivity index (χ3n) is 3.70. The van der Waals surface area contributed by atoms with Gasteiger partial charge in [0, 0.05) is 24.4 Å². The minimum atomic E-state index is -0.0997. The molecule has 0 bridgehead atoms. The Morgan fingerprint density at radius 1 is 1.46 bits per heavy atom. The maximum Gasteiger partial charge on any atom is 0.268 e. The minimum absolute atomic E-state index is 0.0200. The van der Waals surface area contributed by atoms with Crippen LogP contribution in [0.3, 0.4) is 0 Å². The second-order valence-corrected chi connectivity index (χ2v) is 7.57. The number of aromatic nitrogens is 2. The fourth-order valence-corrected chi connectivity index (χ4v) is 4.49. The van der Waals surface area contributed by atoms with Crippen LogP contribution >= 0.6 is 23.5 Å². The molecular weight excluding hydrogens is 342 g/mol. The molecule has 24 heavy (non-hydrogen) atoms. The van der Waals surface area contributed by atoms with Gasteiger partial charge in [0.05, 0.1) is 16.3 Å². The number of nitrogens with zero attached hydrogens (tertiary/aromatic N) is 2. The van der Waals surface area contributed by atoms with Crippen molar-refractivity contribution in [2.24, 2.45) is 0 Å². The summed E-state index contributed by atoms with van der Waals surface area (Å²) in [7, 11) is 0. The van der Waals surface area contributed by atoms with Crippen LogP contribution in [0.4, 0.5) is 5.69 Å². The summed E-state index contributed by atoms with van der Waals surface area (Å²) < 4.78 is 1.65. The van der Waals surface area contributed by atoms with Crippen LogP contribution in [0.1, 0.15) is 18.2 Å². The van der Waals surface area contributed by atoms with Gasteiger partial charge in [-0.1, -0.05) is 23.9 Å². The first-order chi connectivity index (χ1) is 11.6. The van der Waals surface area contributed by atoms with Crippen molar-refractivity contribution in [3.05, 3.63) is 45.9 Å². The molecule has 1 aromatic carbocycles. The molecule has 1 aliphatic rings. The maximum atomic E-state index is 12.5. The number of carbonyl (C=O) groups is 1. The van der Waals surface area contributed by atoms with Crippen molar-refractivity contribution < 1.29 is 4.79 Å². The molecule has 2 aromatic rings. The number of rotatable bonds is 5. The Bertz CT molecular complexity index is 833. The Hall–Kier alpha value is -1.73. The lowest BCUT2D eigenvalue weighted by Gasteiger charge is -2.11. The summed E-state index contributed by atoms with van der Waals surface area (Å²) in [5.41, 5.74) is 2.77. The van der Waals surface area contributed by atoms with Gasteiger partial charge in [0.15, 0.2) is 5.16 Å². The second kappa shape index (κ2) is 7.44. The lowest BCUT2D eigenvalue weighted by Crippen LogP contribution is -2.25. The van der Waals surface area contributed by atoms with Crippen LogP contribution in [0.15, 0.2) is 39.1 Å². The highest BCUT2D eigenvalue weighted by atomic mass is 32.2. The van der Waals surface area contributed by atoms with Gasteiger partial charge in [-0.2, -0.15) is 0 Å². The molecule has 0 radical (unpaired) electrons. The predicted octanol–water partition coefficient (Wildman–Crippen LogP) is 2.95. The summed E-state index contributed by atoms with van der Waals surface area (Å²) in [5, 5.41) is 3.51. The number of nitrogens with one attached hydrogen (secondary N) is 1. The third kappa shape index (κ3) is 3.67. The summed E-state index contributed by atoms with van der Waals surface area (Å²) in [6.07, 6.45) is 0.822. The molecule has 1 amide bonds. The van der Waals surface area contributed by atoms with E-state index in [1.54, 1.807) is 16.3 Å². The third-order valence-corrected chi connectivity index (χ3v) is 5.78. The molecule has 2 heterocycles. The van der Waals surface area contributed by atoms with Gasteiger partial charge >= 0.3 is 0 Å². The fraction of sp³-hybridized carbons (Fsp3) is 0.353. The van der Waals surface area contributed by atoms with Crippen molar-refractivity contribution in [3.8, 4) is 0 Å². The second-order valence-electron chi connectivity index (χ2n) is 5.52. The average Bonchev–Trinajstić information content (AvgIpc) is 3.02. The Labute approximate surface area is 149 Å². The number of fused-ring (bicyclic) bond motifs is 1. The molecule has 0 saturated carbocycles. The summed E-state index contributed by atoms with van der Waals surface area (Å²) in [5.74, 6) is 1.03. The molecule has 126 valence electrons. The number of aryl methyl sites for hydroxylation is 2. The molecule has 7 heteroatoms. The van der Waals surface area contributed by atoms with Crippen LogP contribution in [0.2, 0.25) is 0 Å². The number of anilines is 1. The molecule has 1 N–H and O–H groups in total. The Kier molecular flexibility index (Phi) is 5.30. The largest absolute Gasteiger partial charge is 0.325 e. The van der Waals surface area contributed by atoms with Crippen LogP contribution in [-0.4, -0.2) is 27.0 Å². The fourth-order valence-electron chi connectivity index (χ4n) is 2.56. The number of thioether (sulfide) groups is 2. The Balaban J connectivity index is 1.71. The van der Waals surface area contributed by atoms with Gasteiger partial charge in [-0.05, 0) is 31.5 Å². The Morgan fingerprint density at radius 3 is 3.04 bits per heavy atom. The zero-order valence-corrected chi connectivity index (χ0v) is 15.3. The minimum Gasteiger partial charge on any atom is -0.325 e. The van der Waals surface area contributed by atoms with E-state index in [1.165, 1.54) is 11.8 Å². The van der Waals surface area contributed by atoms with E-state index in [-0.39, 0.29) is 17.2 Å². The average molecular weight is 361 g/mol. The lowest BCUT2D eigenvalue weighted by atomic mass is 10.2. The molecule has 5 nitrogen and oxygen atoms in total. The monoisotopic (exact) mass is 361 g/mol. The molecular formula is C17H19N3O2S2. The van der Waals surface area contributed by atoms with Crippen molar-refractivity contribution >= 4 is 35.1 Å². The van der Waals surface area contributed by atoms with Gasteiger partial charge in [-0.15, -0.1) is 11.8 Å². The van der Waals surface area contributed by atoms with E-state index < -0.39 is 0 Å². The molecule has 0 atom stereocenters. The summed E-state index contributed by atoms with van der Waals surface area (Å²) in [4.78, 5) is 30.0. The number of benzene rings is 1. The van der Waals surface area contributed by atoms with Crippen LogP contribution in [0.5, 0.6) is 0 Å². The van der Waals surface area contributed by atoms with Crippen molar-refractivity contribution in [3.63, 3.8) is 0 Å². The molecule has 0 spiro atoms. The molecule has 0 saturated heterocycles. The van der Waals surface area contributed by atoms with Crippen molar-refractivity contribution in [2.45, 2.75) is 36.9 Å². The van der Waals surface area contributed by atoms with E-state index in [0.29, 0.717) is 11.7 Å². The topological polar surface area (TPSA) is 64.0 Å². The van der Waals surface area contributed by atoms with E-state index in [9.17, 15) is 9.59 Å². The quantitative estimate of drug-likeness (QED) is 0.655. The van der Waals surface area contributed by atoms with E-state index in [0.717, 1.165) is 34.0 Å². The molecule has 0 aliphatic carbocycles. The molecule has 3 rings (SSSR count). The zero-order valence-electron chi connectivity index (χ0n) is 13.7. The number of hydrogen-bond donors (Lipinski definition) is 1. The highest BCUT2D eigenvalue weighted by molar-refractivity contribution is 8.00. The van der Waals surface area contributed by atoms with Crippen LogP contribution in [-0.2, 0) is 17.8 Å².